The molecule has 2 N–H and O–H groups in total. The zero-order valence-electron chi connectivity index (χ0n) is 10.8. The number of hydrogen-bond acceptors (Lipinski definition) is 3. The SMILES string of the molecule is CC(C)[C@@H](N)C(=O)N(C)CCc1cccnc1. The molecule has 4 heteroatoms. The van der Waals surface area contributed by atoms with Crippen molar-refractivity contribution < 1.29 is 4.79 Å². The van der Waals surface area contributed by atoms with Gasteiger partial charge in [0.25, 0.3) is 0 Å². The van der Waals surface area contributed by atoms with Gasteiger partial charge in [0.05, 0.1) is 6.04 Å². The van der Waals surface area contributed by atoms with Crippen LogP contribution in [0.1, 0.15) is 19.4 Å². The molecule has 0 spiro atoms. The maximum absolute atomic E-state index is 11.9. The molecule has 0 saturated carbocycles. The number of pyridine rings is 1. The third-order valence-electron chi connectivity index (χ3n) is 2.84. The summed E-state index contributed by atoms with van der Waals surface area (Å²) in [5.74, 6) is 0.173. The summed E-state index contributed by atoms with van der Waals surface area (Å²) in [6, 6.07) is 3.50. The van der Waals surface area contributed by atoms with Crippen LogP contribution in [0.2, 0.25) is 0 Å². The van der Waals surface area contributed by atoms with Crippen LogP contribution in [0, 0.1) is 5.92 Å². The number of hydrogen-bond donors (Lipinski definition) is 1. The van der Waals surface area contributed by atoms with Gasteiger partial charge >= 0.3 is 0 Å². The van der Waals surface area contributed by atoms with Crippen molar-refractivity contribution in [2.45, 2.75) is 26.3 Å². The second kappa shape index (κ2) is 6.35. The van der Waals surface area contributed by atoms with Gasteiger partial charge in [0.1, 0.15) is 0 Å². The summed E-state index contributed by atoms with van der Waals surface area (Å²) >= 11 is 0. The monoisotopic (exact) mass is 235 g/mol. The zero-order valence-corrected chi connectivity index (χ0v) is 10.8. The standard InChI is InChI=1S/C13H21N3O/c1-10(2)12(14)13(17)16(3)8-6-11-5-4-7-15-9-11/h4-5,7,9-10,12H,6,8,14H2,1-3H3/t12-/m1/s1. The predicted molar refractivity (Wildman–Crippen MR) is 68.4 cm³/mol. The van der Waals surface area contributed by atoms with E-state index in [1.165, 1.54) is 0 Å². The van der Waals surface area contributed by atoms with Crippen LogP contribution in [-0.4, -0.2) is 35.4 Å². The van der Waals surface area contributed by atoms with Crippen molar-refractivity contribution in [2.75, 3.05) is 13.6 Å². The van der Waals surface area contributed by atoms with Gasteiger partial charge in [-0.3, -0.25) is 9.78 Å². The van der Waals surface area contributed by atoms with Crippen molar-refractivity contribution in [2.24, 2.45) is 11.7 Å². The summed E-state index contributed by atoms with van der Waals surface area (Å²) < 4.78 is 0. The van der Waals surface area contributed by atoms with Gasteiger partial charge in [-0.05, 0) is 24.0 Å². The number of nitrogens with two attached hydrogens (primary N) is 1. The number of carbonyl (C=O) groups is 1. The number of aromatic nitrogens is 1. The molecule has 0 saturated heterocycles. The van der Waals surface area contributed by atoms with Crippen LogP contribution in [0.25, 0.3) is 0 Å². The molecule has 0 fully saturated rings. The minimum atomic E-state index is -0.408. The first-order chi connectivity index (χ1) is 8.02. The Balaban J connectivity index is 2.45. The van der Waals surface area contributed by atoms with Crippen LogP contribution in [0.3, 0.4) is 0 Å². The Morgan fingerprint density at radius 1 is 1.53 bits per heavy atom. The summed E-state index contributed by atoms with van der Waals surface area (Å²) in [6.45, 7) is 4.58. The number of likely N-dealkylation sites (N-methyl/N-ethyl adjacent to an activating group) is 1. The molecule has 17 heavy (non-hydrogen) atoms. The summed E-state index contributed by atoms with van der Waals surface area (Å²) in [6.07, 6.45) is 4.37. The Labute approximate surface area is 103 Å². The first kappa shape index (κ1) is 13.6. The fraction of sp³-hybridized carbons (Fsp3) is 0.538. The smallest absolute Gasteiger partial charge is 0.239 e. The summed E-state index contributed by atoms with van der Waals surface area (Å²) in [5, 5.41) is 0. The van der Waals surface area contributed by atoms with Crippen LogP contribution in [0.15, 0.2) is 24.5 Å². The lowest BCUT2D eigenvalue weighted by Gasteiger charge is -2.23. The molecule has 1 rings (SSSR count). The quantitative estimate of drug-likeness (QED) is 0.830. The second-order valence-corrected chi connectivity index (χ2v) is 4.64. The molecule has 1 aromatic rings. The topological polar surface area (TPSA) is 59.2 Å². The lowest BCUT2D eigenvalue weighted by Crippen LogP contribution is -2.45. The highest BCUT2D eigenvalue weighted by molar-refractivity contribution is 5.81. The summed E-state index contributed by atoms with van der Waals surface area (Å²) in [7, 11) is 1.79. The number of carbonyl (C=O) groups excluding carboxylic acids is 1. The average Bonchev–Trinajstić information content (AvgIpc) is 2.35. The first-order valence-corrected chi connectivity index (χ1v) is 5.92. The van der Waals surface area contributed by atoms with Gasteiger partial charge in [0.15, 0.2) is 0 Å². The van der Waals surface area contributed by atoms with E-state index < -0.39 is 6.04 Å². The molecule has 94 valence electrons. The Morgan fingerprint density at radius 2 is 2.24 bits per heavy atom. The second-order valence-electron chi connectivity index (χ2n) is 4.64. The highest BCUT2D eigenvalue weighted by atomic mass is 16.2. The first-order valence-electron chi connectivity index (χ1n) is 5.92. The molecule has 0 bridgehead atoms. The maximum atomic E-state index is 11.9. The molecule has 1 aromatic heterocycles. The molecule has 0 radical (unpaired) electrons. The Bertz CT molecular complexity index is 351. The highest BCUT2D eigenvalue weighted by Crippen LogP contribution is 2.04. The van der Waals surface area contributed by atoms with Gasteiger partial charge in [-0.2, -0.15) is 0 Å². The molecule has 1 atom stereocenters. The fourth-order valence-electron chi connectivity index (χ4n) is 1.49. The van der Waals surface area contributed by atoms with Crippen LogP contribution in [0.4, 0.5) is 0 Å². The maximum Gasteiger partial charge on any atom is 0.239 e. The Morgan fingerprint density at radius 3 is 2.76 bits per heavy atom. The van der Waals surface area contributed by atoms with Crippen LogP contribution in [-0.2, 0) is 11.2 Å². The van der Waals surface area contributed by atoms with Crippen LogP contribution in [0.5, 0.6) is 0 Å². The lowest BCUT2D eigenvalue weighted by atomic mass is 10.0. The average molecular weight is 235 g/mol. The van der Waals surface area contributed by atoms with Crippen molar-refractivity contribution >= 4 is 5.91 Å². The third kappa shape index (κ3) is 4.15. The van der Waals surface area contributed by atoms with Crippen molar-refractivity contribution in [3.63, 3.8) is 0 Å². The Hall–Kier alpha value is -1.42. The predicted octanol–water partition coefficient (Wildman–Crippen LogP) is 1.07. The van der Waals surface area contributed by atoms with E-state index in [4.69, 9.17) is 5.73 Å². The number of amides is 1. The molecule has 4 nitrogen and oxygen atoms in total. The van der Waals surface area contributed by atoms with Gasteiger partial charge in [-0.25, -0.2) is 0 Å². The van der Waals surface area contributed by atoms with E-state index in [1.807, 2.05) is 32.2 Å². The van der Waals surface area contributed by atoms with Gasteiger partial charge in [-0.1, -0.05) is 19.9 Å². The van der Waals surface area contributed by atoms with Crippen molar-refractivity contribution in [1.29, 1.82) is 0 Å². The van der Waals surface area contributed by atoms with Crippen molar-refractivity contribution in [1.82, 2.24) is 9.88 Å². The highest BCUT2D eigenvalue weighted by Gasteiger charge is 2.20. The zero-order chi connectivity index (χ0) is 12.8. The molecule has 0 aromatic carbocycles. The molecule has 0 aliphatic carbocycles. The minimum absolute atomic E-state index is 0.00360. The molecular weight excluding hydrogens is 214 g/mol. The van der Waals surface area contributed by atoms with Crippen molar-refractivity contribution in [3.8, 4) is 0 Å². The number of rotatable bonds is 5. The summed E-state index contributed by atoms with van der Waals surface area (Å²) in [5.41, 5.74) is 6.96. The number of nitrogens with zero attached hydrogens (tertiary/aromatic N) is 2. The van der Waals surface area contributed by atoms with E-state index in [1.54, 1.807) is 18.1 Å². The minimum Gasteiger partial charge on any atom is -0.344 e. The van der Waals surface area contributed by atoms with Gasteiger partial charge < -0.3 is 10.6 Å². The normalized spacial score (nSPS) is 12.5. The third-order valence-corrected chi connectivity index (χ3v) is 2.84. The molecule has 0 unspecified atom stereocenters. The molecule has 1 amide bonds. The fourth-order valence-corrected chi connectivity index (χ4v) is 1.49. The van der Waals surface area contributed by atoms with E-state index in [0.29, 0.717) is 6.54 Å². The van der Waals surface area contributed by atoms with E-state index in [-0.39, 0.29) is 11.8 Å². The molecule has 0 aliphatic rings. The molecule has 0 aliphatic heterocycles. The van der Waals surface area contributed by atoms with Crippen LogP contribution >= 0.6 is 0 Å². The van der Waals surface area contributed by atoms with Gasteiger partial charge in [0, 0.05) is 26.0 Å². The van der Waals surface area contributed by atoms with Crippen molar-refractivity contribution in [3.05, 3.63) is 30.1 Å². The van der Waals surface area contributed by atoms with Gasteiger partial charge in [0.2, 0.25) is 5.91 Å². The lowest BCUT2D eigenvalue weighted by molar-refractivity contribution is -0.132. The van der Waals surface area contributed by atoms with E-state index in [0.717, 1.165) is 12.0 Å². The van der Waals surface area contributed by atoms with E-state index in [9.17, 15) is 4.79 Å². The molecular formula is C13H21N3O. The largest absolute Gasteiger partial charge is 0.344 e. The Kier molecular flexibility index (Phi) is 5.10. The van der Waals surface area contributed by atoms with Gasteiger partial charge in [-0.15, -0.1) is 0 Å². The molecule has 1 heterocycles. The van der Waals surface area contributed by atoms with E-state index >= 15 is 0 Å². The summed E-state index contributed by atoms with van der Waals surface area (Å²) in [4.78, 5) is 17.6. The van der Waals surface area contributed by atoms with E-state index in [2.05, 4.69) is 4.98 Å². The van der Waals surface area contributed by atoms with Crippen LogP contribution < -0.4 is 5.73 Å².